The van der Waals surface area contributed by atoms with E-state index in [-0.39, 0.29) is 23.5 Å². The number of likely N-dealkylation sites (N-methyl/N-ethyl adjacent to an activating group) is 2. The number of nitrogens with zero attached hydrogens (tertiary/aromatic N) is 4. The maximum absolute atomic E-state index is 12.5. The summed E-state index contributed by atoms with van der Waals surface area (Å²) < 4.78 is 11.1. The number of allylic oxidation sites excluding steroid dienone is 3. The first-order valence-corrected chi connectivity index (χ1v) is 16.5. The molecule has 4 rings (SSSR count). The molecule has 10 nitrogen and oxygen atoms in total. The van der Waals surface area contributed by atoms with Gasteiger partial charge >= 0.3 is 11.9 Å². The number of hydrogen-bond acceptors (Lipinski definition) is 8. The number of esters is 2. The van der Waals surface area contributed by atoms with Crippen molar-refractivity contribution in [3.8, 4) is 0 Å². The number of methoxy groups -OCH3 is 2. The Balaban J connectivity index is 1.23. The molecule has 0 spiro atoms. The van der Waals surface area contributed by atoms with Gasteiger partial charge in [-0.15, -0.1) is 0 Å². The number of hydrogen-bond donors (Lipinski definition) is 1. The van der Waals surface area contributed by atoms with Gasteiger partial charge in [0, 0.05) is 17.5 Å². The number of carbonyl (C=O) groups excluding carboxylic acids is 3. The molecule has 260 valence electrons. The lowest BCUT2D eigenvalue weighted by molar-refractivity contribution is -0.905. The van der Waals surface area contributed by atoms with Gasteiger partial charge in [-0.2, -0.15) is 0 Å². The fourth-order valence-electron chi connectivity index (χ4n) is 6.26. The van der Waals surface area contributed by atoms with Gasteiger partial charge in [0.2, 0.25) is 0 Å². The van der Waals surface area contributed by atoms with Crippen molar-refractivity contribution < 1.29 is 37.9 Å². The van der Waals surface area contributed by atoms with E-state index in [9.17, 15) is 19.5 Å². The quantitative estimate of drug-likeness (QED) is 0.110. The summed E-state index contributed by atoms with van der Waals surface area (Å²) in [4.78, 5) is 40.7. The van der Waals surface area contributed by atoms with Crippen molar-refractivity contribution in [3.05, 3.63) is 108 Å². The summed E-state index contributed by atoms with van der Waals surface area (Å²) in [5, 5.41) is 10.3. The van der Waals surface area contributed by atoms with Crippen LogP contribution in [0.1, 0.15) is 11.1 Å². The van der Waals surface area contributed by atoms with Crippen LogP contribution in [0.5, 0.6) is 0 Å². The second-order valence-corrected chi connectivity index (χ2v) is 13.4. The molecule has 1 N–H and O–H groups in total. The molecule has 10 heteroatoms. The van der Waals surface area contributed by atoms with E-state index in [0.717, 1.165) is 83.8 Å². The van der Waals surface area contributed by atoms with Gasteiger partial charge < -0.3 is 33.3 Å². The Hall–Kier alpha value is -4.93. The van der Waals surface area contributed by atoms with Gasteiger partial charge in [0.05, 0.1) is 91.8 Å². The topological polar surface area (TPSA) is 96.4 Å². The smallest absolute Gasteiger partial charge is 0.338 e. The Morgan fingerprint density at radius 2 is 1.06 bits per heavy atom. The van der Waals surface area contributed by atoms with E-state index in [2.05, 4.69) is 49.2 Å². The minimum Gasteiger partial charge on any atom is -0.508 e. The summed E-state index contributed by atoms with van der Waals surface area (Å²) in [5.41, 5.74) is 5.00. The summed E-state index contributed by atoms with van der Waals surface area (Å²) in [6.07, 6.45) is 7.66. The Labute approximate surface area is 290 Å². The van der Waals surface area contributed by atoms with Gasteiger partial charge in [0.25, 0.3) is 0 Å². The van der Waals surface area contributed by atoms with E-state index >= 15 is 0 Å². The SMILES string of the molecule is C=C(C[N+]1(C)CCN(c2ccc(/C=C/C(=O)/C=C(O)/C=C/c3ccc(N4CC[N+](C)(CC(=C)C(=O)OC)CC4)cc3)cc2)CC1)C(=O)OC. The van der Waals surface area contributed by atoms with E-state index in [1.807, 2.05) is 36.4 Å². The number of aliphatic hydroxyl groups is 1. The monoisotopic (exact) mass is 670 g/mol. The number of ether oxygens (including phenoxy) is 2. The normalized spacial score (nSPS) is 17.6. The molecule has 0 amide bonds. The van der Waals surface area contributed by atoms with Gasteiger partial charge in [0.15, 0.2) is 5.78 Å². The Kier molecular flexibility index (Phi) is 12.4. The number of rotatable bonds is 13. The lowest BCUT2D eigenvalue weighted by Crippen LogP contribution is -2.58. The highest BCUT2D eigenvalue weighted by Gasteiger charge is 2.32. The lowest BCUT2D eigenvalue weighted by Gasteiger charge is -2.43. The molecule has 2 aliphatic rings. The number of benzene rings is 2. The first kappa shape index (κ1) is 36.9. The fourth-order valence-corrected chi connectivity index (χ4v) is 6.26. The first-order chi connectivity index (χ1) is 23.3. The summed E-state index contributed by atoms with van der Waals surface area (Å²) in [6, 6.07) is 16.1. The van der Waals surface area contributed by atoms with Crippen molar-refractivity contribution in [3.63, 3.8) is 0 Å². The zero-order valence-corrected chi connectivity index (χ0v) is 29.3. The van der Waals surface area contributed by atoms with Crippen LogP contribution in [0.2, 0.25) is 0 Å². The third kappa shape index (κ3) is 10.5. The van der Waals surface area contributed by atoms with Gasteiger partial charge in [-0.05, 0) is 47.5 Å². The zero-order chi connectivity index (χ0) is 35.6. The number of ketones is 1. The van der Waals surface area contributed by atoms with Crippen LogP contribution in [0.4, 0.5) is 11.4 Å². The molecule has 0 radical (unpaired) electrons. The van der Waals surface area contributed by atoms with E-state index in [1.54, 1.807) is 12.2 Å². The summed E-state index contributed by atoms with van der Waals surface area (Å²) in [7, 11) is 7.03. The highest BCUT2D eigenvalue weighted by molar-refractivity contribution is 6.02. The summed E-state index contributed by atoms with van der Waals surface area (Å²) in [5.74, 6) is -1.14. The second-order valence-electron chi connectivity index (χ2n) is 13.4. The number of quaternary nitrogens is 2. The predicted molar refractivity (Wildman–Crippen MR) is 195 cm³/mol. The van der Waals surface area contributed by atoms with Gasteiger partial charge in [0.1, 0.15) is 18.8 Å². The number of anilines is 2. The first-order valence-electron chi connectivity index (χ1n) is 16.5. The third-order valence-electron chi connectivity index (χ3n) is 9.43. The van der Waals surface area contributed by atoms with Gasteiger partial charge in [-0.25, -0.2) is 9.59 Å². The van der Waals surface area contributed by atoms with Crippen LogP contribution in [0.25, 0.3) is 12.2 Å². The van der Waals surface area contributed by atoms with Crippen molar-refractivity contribution in [2.24, 2.45) is 0 Å². The number of piperazine rings is 2. The average molecular weight is 671 g/mol. The largest absolute Gasteiger partial charge is 0.508 e. The van der Waals surface area contributed by atoms with Crippen molar-refractivity contribution >= 4 is 41.2 Å². The van der Waals surface area contributed by atoms with Crippen LogP contribution in [0.15, 0.2) is 96.8 Å². The summed E-state index contributed by atoms with van der Waals surface area (Å²) in [6.45, 7) is 15.9. The van der Waals surface area contributed by atoms with Gasteiger partial charge in [-0.3, -0.25) is 4.79 Å². The maximum Gasteiger partial charge on any atom is 0.338 e. The molecule has 0 aromatic heterocycles. The fraction of sp³-hybridized carbons (Fsp3) is 0.359. The van der Waals surface area contributed by atoms with Crippen LogP contribution in [-0.4, -0.2) is 126 Å². The minimum atomic E-state index is -0.353. The molecule has 2 fully saturated rings. The Morgan fingerprint density at radius 1 is 0.694 bits per heavy atom. The summed E-state index contributed by atoms with van der Waals surface area (Å²) >= 11 is 0. The van der Waals surface area contributed by atoms with Crippen molar-refractivity contribution in [1.29, 1.82) is 0 Å². The molecule has 49 heavy (non-hydrogen) atoms. The lowest BCUT2D eigenvalue weighted by atomic mass is 10.1. The van der Waals surface area contributed by atoms with Crippen LogP contribution in [-0.2, 0) is 23.9 Å². The standard InChI is InChI=1S/C39H49N4O6/c1-30(38(46)48-5)28-42(3)23-19-40(20-24-42)34-13-7-32(8-14-34)11-17-36(44)27-37(45)18-12-33-9-15-35(16-10-33)41-21-25-43(4,26-22-41)29-31(2)39(47)49-6/h7-18,27H,1-2,19-26,28-29H2,3-6H3/q+1/p+1/b17-11+,18-12+. The van der Waals surface area contributed by atoms with Crippen LogP contribution in [0, 0.1) is 0 Å². The van der Waals surface area contributed by atoms with Crippen molar-refractivity contribution in [2.45, 2.75) is 0 Å². The molecule has 2 aromatic carbocycles. The van der Waals surface area contributed by atoms with Crippen LogP contribution < -0.4 is 9.80 Å². The highest BCUT2D eigenvalue weighted by atomic mass is 16.5. The third-order valence-corrected chi connectivity index (χ3v) is 9.43. The zero-order valence-electron chi connectivity index (χ0n) is 29.3. The van der Waals surface area contributed by atoms with Gasteiger partial charge in [-0.1, -0.05) is 49.6 Å². The molecule has 2 saturated heterocycles. The molecular formula is C39H50N4O6+2. The molecule has 2 heterocycles. The number of aliphatic hydroxyl groups excluding tert-OH is 1. The van der Waals surface area contributed by atoms with E-state index in [4.69, 9.17) is 9.47 Å². The molecule has 2 aliphatic heterocycles. The van der Waals surface area contributed by atoms with E-state index in [0.29, 0.717) is 24.2 Å². The second kappa shape index (κ2) is 16.5. The highest BCUT2D eigenvalue weighted by Crippen LogP contribution is 2.23. The molecule has 0 bridgehead atoms. The molecule has 2 aromatic rings. The average Bonchev–Trinajstić information content (AvgIpc) is 3.10. The van der Waals surface area contributed by atoms with Crippen molar-refractivity contribution in [2.75, 3.05) is 104 Å². The predicted octanol–water partition coefficient (Wildman–Crippen LogP) is 4.42. The van der Waals surface area contributed by atoms with Crippen molar-refractivity contribution in [1.82, 2.24) is 0 Å². The van der Waals surface area contributed by atoms with Crippen LogP contribution >= 0.6 is 0 Å². The van der Waals surface area contributed by atoms with E-state index in [1.165, 1.54) is 32.4 Å². The van der Waals surface area contributed by atoms with E-state index < -0.39 is 0 Å². The Bertz CT molecular complexity index is 1610. The molecule has 0 aliphatic carbocycles. The molecule has 0 unspecified atom stereocenters. The molecular weight excluding hydrogens is 620 g/mol. The van der Waals surface area contributed by atoms with Crippen LogP contribution in [0.3, 0.4) is 0 Å². The maximum atomic E-state index is 12.5. The minimum absolute atomic E-state index is 0.124. The molecule has 0 atom stereocenters. The molecule has 0 saturated carbocycles. The Morgan fingerprint density at radius 3 is 1.43 bits per heavy atom. The number of carbonyl (C=O) groups is 3.